The lowest BCUT2D eigenvalue weighted by atomic mass is 10.1. The Labute approximate surface area is 665 Å². The number of aliphatic carboxylic acids is 1. The maximum atomic E-state index is 11.6. The zero-order chi connectivity index (χ0) is 78.8. The lowest BCUT2D eigenvalue weighted by molar-refractivity contribution is -0.143. The maximum absolute atomic E-state index is 11.6. The number of aromatic nitrogens is 4. The van der Waals surface area contributed by atoms with Crippen LogP contribution < -0.4 is 39.0 Å². The van der Waals surface area contributed by atoms with Crippen LogP contribution in [0.15, 0.2) is 200 Å². The van der Waals surface area contributed by atoms with Crippen molar-refractivity contribution in [2.24, 2.45) is 0 Å². The molecule has 2 N–H and O–H groups in total. The highest BCUT2D eigenvalue weighted by Gasteiger charge is 2.28. The van der Waals surface area contributed by atoms with Gasteiger partial charge < -0.3 is 58.3 Å². The van der Waals surface area contributed by atoms with E-state index < -0.39 is 5.97 Å². The van der Waals surface area contributed by atoms with Crippen LogP contribution in [0.1, 0.15) is 168 Å². The Hall–Kier alpha value is -10.1. The first-order valence-corrected chi connectivity index (χ1v) is 40.0. The average Bonchev–Trinajstić information content (AvgIpc) is 1.74. The molecule has 12 rings (SSSR count). The fourth-order valence-corrected chi connectivity index (χ4v) is 13.7. The number of halogens is 1. The molecule has 0 bridgehead atoms. The molecule has 4 aromatic carbocycles. The van der Waals surface area contributed by atoms with Gasteiger partial charge in [-0.25, -0.2) is 9.59 Å². The van der Waals surface area contributed by atoms with Crippen LogP contribution in [0.2, 0.25) is 0 Å². The fourth-order valence-electron chi connectivity index (χ4n) is 13.4. The van der Waals surface area contributed by atoms with Gasteiger partial charge in [-0.2, -0.15) is 0 Å². The number of rotatable bonds is 32. The van der Waals surface area contributed by atoms with Crippen molar-refractivity contribution in [3.8, 4) is 23.0 Å². The van der Waals surface area contributed by atoms with Crippen LogP contribution in [0, 0.1) is 27.7 Å². The van der Waals surface area contributed by atoms with Crippen LogP contribution in [-0.4, -0.2) is 119 Å². The number of esters is 3. The van der Waals surface area contributed by atoms with Crippen molar-refractivity contribution in [2.45, 2.75) is 202 Å². The first-order valence-electron chi connectivity index (χ1n) is 39.3. The normalized spacial score (nSPS) is 16.2. The fraction of sp³-hybridized carbons (Fsp3) is 0.422. The van der Waals surface area contributed by atoms with Gasteiger partial charge in [0.25, 0.3) is 0 Å². The number of carbonyl (C=O) groups is 4. The molecule has 0 amide bonds. The molecule has 0 spiro atoms. The molecule has 0 radical (unpaired) electrons. The Morgan fingerprint density at radius 1 is 0.450 bits per heavy atom. The van der Waals surface area contributed by atoms with Crippen molar-refractivity contribution in [3.05, 3.63) is 244 Å². The van der Waals surface area contributed by atoms with Gasteiger partial charge in [0, 0.05) is 97.7 Å². The molecule has 4 aromatic heterocycles. The highest BCUT2D eigenvalue weighted by molar-refractivity contribution is 9.10. The number of nitrogens with one attached hydrogen (secondary N) is 1. The summed E-state index contributed by atoms with van der Waals surface area (Å²) in [7, 11) is 0. The molecule has 0 aliphatic carbocycles. The Morgan fingerprint density at radius 2 is 0.811 bits per heavy atom. The van der Waals surface area contributed by atoms with Crippen molar-refractivity contribution in [3.63, 3.8) is 0 Å². The highest BCUT2D eigenvalue weighted by Crippen LogP contribution is 2.34. The second-order valence-electron chi connectivity index (χ2n) is 28.1. The molecular weight excluding hydrogens is 1460 g/mol. The number of nitrogens with zero attached hydrogens (tertiary/aromatic N) is 7. The zero-order valence-electron chi connectivity index (χ0n) is 65.8. The van der Waals surface area contributed by atoms with E-state index in [4.69, 9.17) is 38.3 Å². The summed E-state index contributed by atoms with van der Waals surface area (Å²) in [5.41, 5.74) is 12.8. The van der Waals surface area contributed by atoms with Crippen LogP contribution in [0.4, 0.5) is 17.1 Å². The van der Waals surface area contributed by atoms with E-state index in [9.17, 15) is 19.2 Å². The minimum Gasteiger partial charge on any atom is -0.487 e. The molecule has 4 fully saturated rings. The third-order valence-corrected chi connectivity index (χ3v) is 19.7. The minimum atomic E-state index is -0.720. The molecule has 0 saturated carbocycles. The highest BCUT2D eigenvalue weighted by atomic mass is 79.9. The third-order valence-electron chi connectivity index (χ3n) is 19.2. The quantitative estimate of drug-likeness (QED) is 0.0227. The average molecular weight is 1580 g/mol. The van der Waals surface area contributed by atoms with Gasteiger partial charge in [-0.3, -0.25) is 29.5 Å². The van der Waals surface area contributed by atoms with E-state index in [0.717, 1.165) is 157 Å². The molecule has 111 heavy (non-hydrogen) atoms. The van der Waals surface area contributed by atoms with Gasteiger partial charge >= 0.3 is 23.9 Å². The summed E-state index contributed by atoms with van der Waals surface area (Å²) < 4.78 is 39.1. The Bertz CT molecular complexity index is 4120. The minimum absolute atomic E-state index is 0.0970. The second kappa shape index (κ2) is 48.5. The summed E-state index contributed by atoms with van der Waals surface area (Å²) in [5, 5.41) is 12.2. The molecule has 4 saturated heterocycles. The lowest BCUT2D eigenvalue weighted by Crippen LogP contribution is -2.29. The van der Waals surface area contributed by atoms with Crippen molar-refractivity contribution in [1.29, 1.82) is 0 Å². The lowest BCUT2D eigenvalue weighted by Gasteiger charge is -2.26. The summed E-state index contributed by atoms with van der Waals surface area (Å²) in [6, 6.07) is 43.2. The Morgan fingerprint density at radius 3 is 1.18 bits per heavy atom. The topological polar surface area (TPSA) is 226 Å². The molecule has 4 atom stereocenters. The van der Waals surface area contributed by atoms with E-state index >= 15 is 0 Å². The predicted octanol–water partition coefficient (Wildman–Crippen LogP) is 18.3. The van der Waals surface area contributed by atoms with Crippen LogP contribution in [-0.2, 0) is 59.8 Å². The van der Waals surface area contributed by atoms with Crippen LogP contribution >= 0.6 is 15.9 Å². The first-order chi connectivity index (χ1) is 54.0. The smallest absolute Gasteiger partial charge is 0.330 e. The molecule has 8 heterocycles. The van der Waals surface area contributed by atoms with E-state index in [0.29, 0.717) is 83.3 Å². The van der Waals surface area contributed by atoms with Crippen LogP contribution in [0.3, 0.4) is 0 Å². The Balaban J connectivity index is 0.000000179. The second-order valence-corrected chi connectivity index (χ2v) is 29.0. The number of hydrogen-bond donors (Lipinski definition) is 2. The van der Waals surface area contributed by atoms with Gasteiger partial charge in [-0.15, -0.1) is 0 Å². The summed E-state index contributed by atoms with van der Waals surface area (Å²) in [5.74, 6) is 1.76. The van der Waals surface area contributed by atoms with Gasteiger partial charge in [-0.05, 0) is 189 Å². The molecule has 21 heteroatoms. The van der Waals surface area contributed by atoms with E-state index in [-0.39, 0.29) is 24.3 Å². The SMILES string of the molecule is CCOC(=O)/C=C/CC1CCCN1.CCOC(=O)/C=C/CC1CCCN1c1cncc(OCc2ccc(C)cc2)c1.CCOC(=O)CCCC1CCCN1c1cncc(OCc2ccc(C)cc2)c1.Cc1ccc(COc2cncc(Br)c2)cc1.Cc1ccc(COc2cncc(N3CCCC3CCCC(=O)O)c2)cc1. The number of benzene rings is 4. The predicted molar refractivity (Wildman–Crippen MR) is 442 cm³/mol. The van der Waals surface area contributed by atoms with Gasteiger partial charge in [0.15, 0.2) is 0 Å². The molecule has 20 nitrogen and oxygen atoms in total. The number of hydrogen-bond acceptors (Lipinski definition) is 19. The number of carboxylic acids is 1. The number of carbonyl (C=O) groups excluding carboxylic acids is 3. The molecule has 8 aromatic rings. The molecule has 592 valence electrons. The maximum Gasteiger partial charge on any atom is 0.330 e. The van der Waals surface area contributed by atoms with Gasteiger partial charge in [0.1, 0.15) is 49.4 Å². The van der Waals surface area contributed by atoms with Crippen molar-refractivity contribution >= 4 is 56.9 Å². The number of pyridine rings is 4. The molecule has 4 aliphatic heterocycles. The number of aryl methyl sites for hydroxylation is 4. The van der Waals surface area contributed by atoms with Gasteiger partial charge in [-0.1, -0.05) is 131 Å². The van der Waals surface area contributed by atoms with E-state index in [1.54, 1.807) is 31.0 Å². The number of anilines is 3. The summed E-state index contributed by atoms with van der Waals surface area (Å²) >= 11 is 3.36. The first kappa shape index (κ1) is 86.5. The van der Waals surface area contributed by atoms with Crippen LogP contribution in [0.25, 0.3) is 0 Å². The van der Waals surface area contributed by atoms with Crippen LogP contribution in [0.5, 0.6) is 23.0 Å². The monoisotopic (exact) mass is 1580 g/mol. The molecule has 4 aliphatic rings. The molecular formula is C90H113BrN8O12. The van der Waals surface area contributed by atoms with Gasteiger partial charge in [0.2, 0.25) is 0 Å². The van der Waals surface area contributed by atoms with Crippen molar-refractivity contribution in [2.75, 3.05) is 60.7 Å². The summed E-state index contributed by atoms with van der Waals surface area (Å²) in [6.07, 6.45) is 36.4. The summed E-state index contributed by atoms with van der Waals surface area (Å²) in [4.78, 5) is 68.9. The third kappa shape index (κ3) is 32.4. The van der Waals surface area contributed by atoms with E-state index in [1.807, 2.05) is 63.6 Å². The van der Waals surface area contributed by atoms with E-state index in [2.05, 4.69) is 193 Å². The molecule has 4 unspecified atom stereocenters. The standard InChI is InChI=1S/C23H30N2O3.C23H28N2O3.C21H26N2O3.C13H12BrNO.C10H17NO2/c2*1-3-27-23(26)8-4-6-20-7-5-13-25(20)21-14-22(16-24-15-21)28-17-19-11-9-18(2)10-12-19;1-16-7-9-17(10-8-16)15-26-20-12-19(13-22-14-20)23-11-3-5-18(23)4-2-6-21(24)25;1-10-2-4-11(5-3-10)9-16-13-6-12(14)7-15-8-13;1-2-13-10(12)7-3-5-9-6-4-8-11-9/h9-12,14-16,20H,3-8,13,17H2,1-2H3;4,8-12,14-16,20H,3,5-7,13,17H2,1-2H3;7-10,12-14,18H,2-6,11,15H2,1H3,(H,24,25);2-8H,9H2,1H3;3,7,9,11H,2,4-6,8H2,1H3/b;8-4+;;;7-3+. The summed E-state index contributed by atoms with van der Waals surface area (Å²) in [6.45, 7) is 21.3. The zero-order valence-corrected chi connectivity index (χ0v) is 67.4. The Kier molecular flexibility index (Phi) is 37.8. The number of ether oxygens (including phenoxy) is 7. The van der Waals surface area contributed by atoms with E-state index in [1.165, 1.54) is 53.7 Å². The van der Waals surface area contributed by atoms with Crippen molar-refractivity contribution < 1.29 is 57.4 Å². The van der Waals surface area contributed by atoms with Crippen molar-refractivity contribution in [1.82, 2.24) is 25.3 Å². The largest absolute Gasteiger partial charge is 0.487 e. The number of carboxylic acid groups (broad SMARTS) is 1. The van der Waals surface area contributed by atoms with Gasteiger partial charge in [0.05, 0.1) is 80.3 Å².